The van der Waals surface area contributed by atoms with E-state index in [9.17, 15) is 13.2 Å². The van der Waals surface area contributed by atoms with Gasteiger partial charge in [0.2, 0.25) is 5.91 Å². The minimum absolute atomic E-state index is 0.133. The molecule has 0 spiro atoms. The fourth-order valence-electron chi connectivity index (χ4n) is 2.94. The molecule has 0 aliphatic carbocycles. The predicted molar refractivity (Wildman–Crippen MR) is 124 cm³/mol. The van der Waals surface area contributed by atoms with Crippen LogP contribution in [0.3, 0.4) is 0 Å². The summed E-state index contributed by atoms with van der Waals surface area (Å²) < 4.78 is 28.6. The van der Waals surface area contributed by atoms with Gasteiger partial charge in [-0.2, -0.15) is 0 Å². The number of sulfonamides is 1. The molecule has 0 unspecified atom stereocenters. The molecule has 156 valence electrons. The largest absolute Gasteiger partial charge is 0.325 e. The van der Waals surface area contributed by atoms with Crippen LogP contribution in [-0.4, -0.2) is 20.9 Å². The van der Waals surface area contributed by atoms with Crippen molar-refractivity contribution in [3.05, 3.63) is 88.4 Å². The molecular weight excluding hydrogens is 464 g/mol. The van der Waals surface area contributed by atoms with Gasteiger partial charge in [-0.15, -0.1) is 0 Å². The number of aryl methyl sites for hydroxylation is 2. The number of hydrogen-bond donors (Lipinski definition) is 1. The van der Waals surface area contributed by atoms with Gasteiger partial charge >= 0.3 is 0 Å². The highest BCUT2D eigenvalue weighted by molar-refractivity contribution is 9.10. The second-order valence-electron chi connectivity index (χ2n) is 6.90. The van der Waals surface area contributed by atoms with Gasteiger partial charge in [0.25, 0.3) is 10.0 Å². The first-order valence-electron chi connectivity index (χ1n) is 9.53. The van der Waals surface area contributed by atoms with Crippen LogP contribution in [0.4, 0.5) is 11.4 Å². The summed E-state index contributed by atoms with van der Waals surface area (Å²) in [5, 5.41) is 2.78. The van der Waals surface area contributed by atoms with Gasteiger partial charge in [0.15, 0.2) is 0 Å². The maximum atomic E-state index is 13.4. The molecule has 3 aromatic rings. The third kappa shape index (κ3) is 5.29. The quantitative estimate of drug-likeness (QED) is 0.501. The smallest absolute Gasteiger partial charge is 0.264 e. The highest BCUT2D eigenvalue weighted by atomic mass is 79.9. The fraction of sp³-hybridized carbons (Fsp3) is 0.174. The van der Waals surface area contributed by atoms with Crippen LogP contribution < -0.4 is 9.62 Å². The second kappa shape index (κ2) is 9.45. The van der Waals surface area contributed by atoms with Crippen LogP contribution >= 0.6 is 15.9 Å². The molecule has 0 saturated carbocycles. The summed E-state index contributed by atoms with van der Waals surface area (Å²) in [6, 6.07) is 21.0. The lowest BCUT2D eigenvalue weighted by Crippen LogP contribution is -2.38. The van der Waals surface area contributed by atoms with E-state index in [1.165, 1.54) is 0 Å². The van der Waals surface area contributed by atoms with Gasteiger partial charge in [-0.05, 0) is 61.4 Å². The van der Waals surface area contributed by atoms with Gasteiger partial charge < -0.3 is 5.32 Å². The number of halogens is 1. The number of carbonyl (C=O) groups is 1. The Morgan fingerprint density at radius 2 is 1.67 bits per heavy atom. The van der Waals surface area contributed by atoms with E-state index < -0.39 is 15.9 Å². The monoisotopic (exact) mass is 486 g/mol. The zero-order chi connectivity index (χ0) is 21.7. The van der Waals surface area contributed by atoms with Crippen LogP contribution in [0.1, 0.15) is 18.1 Å². The van der Waals surface area contributed by atoms with Gasteiger partial charge in [-0.1, -0.05) is 58.7 Å². The second-order valence-corrected chi connectivity index (χ2v) is 9.68. The SMILES string of the molecule is CCc1ccc(NC(=O)CN(c2cccc(Br)c2)S(=O)(=O)c2ccc(C)cc2)cc1. The van der Waals surface area contributed by atoms with E-state index >= 15 is 0 Å². The molecule has 0 heterocycles. The van der Waals surface area contributed by atoms with E-state index in [0.29, 0.717) is 11.4 Å². The molecule has 0 radical (unpaired) electrons. The Bertz CT molecular complexity index is 1130. The molecule has 30 heavy (non-hydrogen) atoms. The molecule has 0 fully saturated rings. The molecule has 3 aromatic carbocycles. The molecule has 0 aromatic heterocycles. The molecule has 0 aliphatic heterocycles. The maximum Gasteiger partial charge on any atom is 0.264 e. The molecule has 0 bridgehead atoms. The highest BCUT2D eigenvalue weighted by Crippen LogP contribution is 2.26. The lowest BCUT2D eigenvalue weighted by Gasteiger charge is -2.24. The van der Waals surface area contributed by atoms with Crippen molar-refractivity contribution in [1.29, 1.82) is 0 Å². The van der Waals surface area contributed by atoms with Crippen molar-refractivity contribution in [3.63, 3.8) is 0 Å². The maximum absolute atomic E-state index is 13.4. The van der Waals surface area contributed by atoms with E-state index in [-0.39, 0.29) is 11.4 Å². The molecule has 0 saturated heterocycles. The predicted octanol–water partition coefficient (Wildman–Crippen LogP) is 5.15. The number of nitrogens with zero attached hydrogens (tertiary/aromatic N) is 1. The van der Waals surface area contributed by atoms with Crippen LogP contribution in [0.25, 0.3) is 0 Å². The average molecular weight is 487 g/mol. The van der Waals surface area contributed by atoms with Gasteiger partial charge in [-0.3, -0.25) is 9.10 Å². The van der Waals surface area contributed by atoms with Crippen molar-refractivity contribution in [2.45, 2.75) is 25.2 Å². The fourth-order valence-corrected chi connectivity index (χ4v) is 4.74. The van der Waals surface area contributed by atoms with E-state index in [0.717, 1.165) is 26.3 Å². The Labute approximate surface area is 185 Å². The number of rotatable bonds is 7. The normalized spacial score (nSPS) is 11.2. The number of benzene rings is 3. The summed E-state index contributed by atoms with van der Waals surface area (Å²) in [6.07, 6.45) is 0.902. The van der Waals surface area contributed by atoms with Crippen LogP contribution in [0, 0.1) is 6.92 Å². The van der Waals surface area contributed by atoms with Crippen molar-refractivity contribution in [2.24, 2.45) is 0 Å². The van der Waals surface area contributed by atoms with Crippen molar-refractivity contribution >= 4 is 43.2 Å². The first-order valence-corrected chi connectivity index (χ1v) is 11.8. The summed E-state index contributed by atoms with van der Waals surface area (Å²) in [5.74, 6) is -0.421. The highest BCUT2D eigenvalue weighted by Gasteiger charge is 2.27. The first kappa shape index (κ1) is 22.1. The van der Waals surface area contributed by atoms with E-state index in [1.807, 2.05) is 31.2 Å². The lowest BCUT2D eigenvalue weighted by atomic mass is 10.1. The average Bonchev–Trinajstić information content (AvgIpc) is 2.73. The number of nitrogens with one attached hydrogen (secondary N) is 1. The number of amides is 1. The summed E-state index contributed by atoms with van der Waals surface area (Å²) in [5.41, 5.74) is 3.14. The first-order chi connectivity index (χ1) is 14.3. The summed E-state index contributed by atoms with van der Waals surface area (Å²) in [7, 11) is -3.93. The van der Waals surface area contributed by atoms with Crippen molar-refractivity contribution in [1.82, 2.24) is 0 Å². The topological polar surface area (TPSA) is 66.5 Å². The van der Waals surface area contributed by atoms with Crippen LogP contribution in [-0.2, 0) is 21.2 Å². The third-order valence-electron chi connectivity index (χ3n) is 4.64. The minimum atomic E-state index is -3.93. The van der Waals surface area contributed by atoms with Crippen LogP contribution in [0.15, 0.2) is 82.2 Å². The standard InChI is InChI=1S/C23H23BrN2O3S/c1-3-18-9-11-20(12-10-18)25-23(27)16-26(21-6-4-5-19(24)15-21)30(28,29)22-13-7-17(2)8-14-22/h4-15H,3,16H2,1-2H3,(H,25,27). The van der Waals surface area contributed by atoms with Crippen molar-refractivity contribution in [3.8, 4) is 0 Å². The summed E-state index contributed by atoms with van der Waals surface area (Å²) in [6.45, 7) is 3.60. The molecule has 3 rings (SSSR count). The number of carbonyl (C=O) groups excluding carboxylic acids is 1. The third-order valence-corrected chi connectivity index (χ3v) is 6.92. The molecule has 1 amide bonds. The van der Waals surface area contributed by atoms with Crippen LogP contribution in [0.2, 0.25) is 0 Å². The number of anilines is 2. The van der Waals surface area contributed by atoms with E-state index in [2.05, 4.69) is 28.2 Å². The van der Waals surface area contributed by atoms with Gasteiger partial charge in [0, 0.05) is 10.2 Å². The molecule has 7 heteroatoms. The lowest BCUT2D eigenvalue weighted by molar-refractivity contribution is -0.114. The van der Waals surface area contributed by atoms with Gasteiger partial charge in [0.1, 0.15) is 6.54 Å². The van der Waals surface area contributed by atoms with Crippen molar-refractivity contribution in [2.75, 3.05) is 16.2 Å². The zero-order valence-electron chi connectivity index (χ0n) is 16.8. The Hall–Kier alpha value is -2.64. The Morgan fingerprint density at radius 1 is 1.00 bits per heavy atom. The Morgan fingerprint density at radius 3 is 2.27 bits per heavy atom. The molecule has 5 nitrogen and oxygen atoms in total. The summed E-state index contributed by atoms with van der Waals surface area (Å²) >= 11 is 3.37. The molecule has 1 N–H and O–H groups in total. The Balaban J connectivity index is 1.91. The molecule has 0 atom stereocenters. The molecule has 0 aliphatic rings. The van der Waals surface area contributed by atoms with E-state index in [1.54, 1.807) is 48.5 Å². The Kier molecular flexibility index (Phi) is 6.95. The van der Waals surface area contributed by atoms with E-state index in [4.69, 9.17) is 0 Å². The van der Waals surface area contributed by atoms with Crippen molar-refractivity contribution < 1.29 is 13.2 Å². The molecular formula is C23H23BrN2O3S. The minimum Gasteiger partial charge on any atom is -0.325 e. The number of hydrogen-bond acceptors (Lipinski definition) is 3. The summed E-state index contributed by atoms with van der Waals surface area (Å²) in [4.78, 5) is 12.9. The van der Waals surface area contributed by atoms with Gasteiger partial charge in [-0.25, -0.2) is 8.42 Å². The van der Waals surface area contributed by atoms with Gasteiger partial charge in [0.05, 0.1) is 10.6 Å². The van der Waals surface area contributed by atoms with Crippen LogP contribution in [0.5, 0.6) is 0 Å². The zero-order valence-corrected chi connectivity index (χ0v) is 19.2.